The molecular weight excluding hydrogens is 240 g/mol. The van der Waals surface area contributed by atoms with Crippen molar-refractivity contribution in [2.45, 2.75) is 19.9 Å². The van der Waals surface area contributed by atoms with Gasteiger partial charge in [0.15, 0.2) is 6.29 Å². The molecule has 0 spiro atoms. The SMILES string of the molecule is CCCn1c(=O)c(C=O)c(Cl)c2cccnc21. The number of rotatable bonds is 3. The van der Waals surface area contributed by atoms with Gasteiger partial charge in [-0.15, -0.1) is 0 Å². The predicted octanol–water partition coefficient (Wildman–Crippen LogP) is 2.27. The second-order valence-corrected chi connectivity index (χ2v) is 4.05. The minimum absolute atomic E-state index is 0.000571. The topological polar surface area (TPSA) is 52.0 Å². The number of carbonyl (C=O) groups excluding carboxylic acids is 1. The van der Waals surface area contributed by atoms with Crippen LogP contribution in [-0.2, 0) is 6.54 Å². The van der Waals surface area contributed by atoms with Gasteiger partial charge in [-0.05, 0) is 18.6 Å². The Hall–Kier alpha value is -1.68. The van der Waals surface area contributed by atoms with Gasteiger partial charge in [0.2, 0.25) is 0 Å². The fraction of sp³-hybridized carbons (Fsp3) is 0.250. The van der Waals surface area contributed by atoms with Crippen molar-refractivity contribution in [1.29, 1.82) is 0 Å². The van der Waals surface area contributed by atoms with Crippen molar-refractivity contribution in [3.8, 4) is 0 Å². The first-order valence-corrected chi connectivity index (χ1v) is 5.70. The Morgan fingerprint density at radius 1 is 1.53 bits per heavy atom. The fourth-order valence-electron chi connectivity index (χ4n) is 1.80. The van der Waals surface area contributed by atoms with Crippen LogP contribution >= 0.6 is 11.6 Å². The molecule has 0 N–H and O–H groups in total. The molecule has 88 valence electrons. The molecule has 0 aromatic carbocycles. The Morgan fingerprint density at radius 2 is 2.29 bits per heavy atom. The first kappa shape index (κ1) is 11.8. The Bertz CT molecular complexity index is 634. The van der Waals surface area contributed by atoms with E-state index in [1.54, 1.807) is 18.3 Å². The van der Waals surface area contributed by atoms with Crippen LogP contribution in [0.25, 0.3) is 11.0 Å². The first-order chi connectivity index (χ1) is 8.20. The maximum Gasteiger partial charge on any atom is 0.264 e. The molecule has 2 aromatic rings. The summed E-state index contributed by atoms with van der Waals surface area (Å²) in [7, 11) is 0. The highest BCUT2D eigenvalue weighted by atomic mass is 35.5. The lowest BCUT2D eigenvalue weighted by atomic mass is 10.2. The molecule has 0 saturated heterocycles. The molecule has 4 nitrogen and oxygen atoms in total. The lowest BCUT2D eigenvalue weighted by Crippen LogP contribution is -2.25. The van der Waals surface area contributed by atoms with Crippen molar-refractivity contribution >= 4 is 28.9 Å². The van der Waals surface area contributed by atoms with E-state index in [1.165, 1.54) is 4.57 Å². The number of aromatic nitrogens is 2. The van der Waals surface area contributed by atoms with Crippen molar-refractivity contribution in [3.63, 3.8) is 0 Å². The lowest BCUT2D eigenvalue weighted by Gasteiger charge is -2.10. The van der Waals surface area contributed by atoms with E-state index in [-0.39, 0.29) is 16.1 Å². The summed E-state index contributed by atoms with van der Waals surface area (Å²) in [6, 6.07) is 3.48. The highest BCUT2D eigenvalue weighted by Crippen LogP contribution is 2.22. The fourth-order valence-corrected chi connectivity index (χ4v) is 2.07. The number of pyridine rings is 2. The summed E-state index contributed by atoms with van der Waals surface area (Å²) < 4.78 is 1.49. The van der Waals surface area contributed by atoms with E-state index in [2.05, 4.69) is 4.98 Å². The summed E-state index contributed by atoms with van der Waals surface area (Å²) in [6.07, 6.45) is 2.89. The van der Waals surface area contributed by atoms with Gasteiger partial charge in [-0.3, -0.25) is 14.2 Å². The average molecular weight is 251 g/mol. The molecule has 0 radical (unpaired) electrons. The number of aryl methyl sites for hydroxylation is 1. The summed E-state index contributed by atoms with van der Waals surface area (Å²) in [6.45, 7) is 2.47. The molecule has 2 rings (SSSR count). The molecule has 0 amide bonds. The minimum Gasteiger partial charge on any atom is -0.298 e. The zero-order valence-corrected chi connectivity index (χ0v) is 10.1. The number of fused-ring (bicyclic) bond motifs is 1. The summed E-state index contributed by atoms with van der Waals surface area (Å²) in [5.41, 5.74) is 0.147. The Morgan fingerprint density at radius 3 is 2.94 bits per heavy atom. The van der Waals surface area contributed by atoms with E-state index in [9.17, 15) is 9.59 Å². The third-order valence-corrected chi connectivity index (χ3v) is 2.96. The monoisotopic (exact) mass is 250 g/mol. The van der Waals surface area contributed by atoms with E-state index in [4.69, 9.17) is 11.6 Å². The summed E-state index contributed by atoms with van der Waals surface area (Å²) >= 11 is 6.03. The smallest absolute Gasteiger partial charge is 0.264 e. The number of carbonyl (C=O) groups is 1. The van der Waals surface area contributed by atoms with Gasteiger partial charge in [0.1, 0.15) is 5.65 Å². The third-order valence-electron chi connectivity index (χ3n) is 2.56. The zero-order chi connectivity index (χ0) is 12.4. The normalized spacial score (nSPS) is 10.7. The van der Waals surface area contributed by atoms with E-state index in [0.29, 0.717) is 23.9 Å². The average Bonchev–Trinajstić information content (AvgIpc) is 2.35. The molecule has 17 heavy (non-hydrogen) atoms. The molecule has 0 fully saturated rings. The van der Waals surface area contributed by atoms with Gasteiger partial charge in [-0.25, -0.2) is 4.98 Å². The second-order valence-electron chi connectivity index (χ2n) is 3.68. The third kappa shape index (κ3) is 1.85. The van der Waals surface area contributed by atoms with Gasteiger partial charge in [0, 0.05) is 18.1 Å². The number of aldehydes is 1. The van der Waals surface area contributed by atoms with Crippen LogP contribution in [0.2, 0.25) is 5.02 Å². The van der Waals surface area contributed by atoms with E-state index in [1.807, 2.05) is 6.92 Å². The second kappa shape index (κ2) is 4.67. The van der Waals surface area contributed by atoms with E-state index < -0.39 is 0 Å². The first-order valence-electron chi connectivity index (χ1n) is 5.33. The maximum absolute atomic E-state index is 12.0. The highest BCUT2D eigenvalue weighted by Gasteiger charge is 2.14. The van der Waals surface area contributed by atoms with Crippen molar-refractivity contribution in [2.75, 3.05) is 0 Å². The molecule has 2 heterocycles. The molecule has 0 aliphatic rings. The van der Waals surface area contributed by atoms with E-state index >= 15 is 0 Å². The van der Waals surface area contributed by atoms with Gasteiger partial charge < -0.3 is 0 Å². The molecule has 0 aliphatic heterocycles. The van der Waals surface area contributed by atoms with Crippen molar-refractivity contribution in [3.05, 3.63) is 39.3 Å². The molecular formula is C12H11ClN2O2. The van der Waals surface area contributed by atoms with Crippen LogP contribution in [0.1, 0.15) is 23.7 Å². The quantitative estimate of drug-likeness (QED) is 0.786. The molecule has 5 heteroatoms. The summed E-state index contributed by atoms with van der Waals surface area (Å²) in [4.78, 5) is 27.1. The van der Waals surface area contributed by atoms with Crippen molar-refractivity contribution in [1.82, 2.24) is 9.55 Å². The molecule has 0 saturated carbocycles. The molecule has 0 bridgehead atoms. The zero-order valence-electron chi connectivity index (χ0n) is 9.31. The van der Waals surface area contributed by atoms with Gasteiger partial charge in [-0.1, -0.05) is 18.5 Å². The summed E-state index contributed by atoms with van der Waals surface area (Å²) in [5.74, 6) is 0. The van der Waals surface area contributed by atoms with Gasteiger partial charge >= 0.3 is 0 Å². The standard InChI is InChI=1S/C12H11ClN2O2/c1-2-6-15-11-8(4-3-5-14-11)10(13)9(7-16)12(15)17/h3-5,7H,2,6H2,1H3. The van der Waals surface area contributed by atoms with Crippen LogP contribution < -0.4 is 5.56 Å². The lowest BCUT2D eigenvalue weighted by molar-refractivity contribution is 0.112. The van der Waals surface area contributed by atoms with Crippen LogP contribution in [0.3, 0.4) is 0 Å². The van der Waals surface area contributed by atoms with Crippen LogP contribution in [0.4, 0.5) is 0 Å². The molecule has 0 atom stereocenters. The molecule has 0 aliphatic carbocycles. The molecule has 2 aromatic heterocycles. The largest absolute Gasteiger partial charge is 0.298 e. The summed E-state index contributed by atoms with van der Waals surface area (Å²) in [5, 5.41) is 0.810. The minimum atomic E-state index is -0.377. The van der Waals surface area contributed by atoms with Gasteiger partial charge in [0.25, 0.3) is 5.56 Å². The predicted molar refractivity (Wildman–Crippen MR) is 66.7 cm³/mol. The Kier molecular flexibility index (Phi) is 3.24. The number of hydrogen-bond donors (Lipinski definition) is 0. The van der Waals surface area contributed by atoms with Crippen LogP contribution in [0.5, 0.6) is 0 Å². The van der Waals surface area contributed by atoms with Gasteiger partial charge in [-0.2, -0.15) is 0 Å². The highest BCUT2D eigenvalue weighted by molar-refractivity contribution is 6.37. The van der Waals surface area contributed by atoms with Gasteiger partial charge in [0.05, 0.1) is 10.6 Å². The Labute approximate surface area is 103 Å². The van der Waals surface area contributed by atoms with Crippen LogP contribution in [0.15, 0.2) is 23.1 Å². The van der Waals surface area contributed by atoms with Crippen molar-refractivity contribution < 1.29 is 4.79 Å². The van der Waals surface area contributed by atoms with Crippen LogP contribution in [-0.4, -0.2) is 15.8 Å². The Balaban J connectivity index is 2.95. The molecule has 0 unspecified atom stereocenters. The van der Waals surface area contributed by atoms with Crippen molar-refractivity contribution in [2.24, 2.45) is 0 Å². The number of hydrogen-bond acceptors (Lipinski definition) is 3. The maximum atomic E-state index is 12.0. The van der Waals surface area contributed by atoms with E-state index in [0.717, 1.165) is 6.42 Å². The van der Waals surface area contributed by atoms with Crippen LogP contribution in [0, 0.1) is 0 Å². The number of nitrogens with zero attached hydrogens (tertiary/aromatic N) is 2. The number of halogens is 1.